The third kappa shape index (κ3) is 5.63. The van der Waals surface area contributed by atoms with Gasteiger partial charge in [0.15, 0.2) is 0 Å². The largest absolute Gasteiger partial charge is 0.441 e. The monoisotopic (exact) mass is 446 g/mol. The number of anilines is 1. The second-order valence-corrected chi connectivity index (χ2v) is 8.78. The zero-order chi connectivity index (χ0) is 23.2. The highest BCUT2D eigenvalue weighted by molar-refractivity contribution is 5.94. The van der Waals surface area contributed by atoms with Gasteiger partial charge in [0.1, 0.15) is 5.76 Å². The Morgan fingerprint density at radius 2 is 1.73 bits per heavy atom. The van der Waals surface area contributed by atoms with E-state index in [4.69, 9.17) is 9.40 Å². The molecule has 33 heavy (non-hydrogen) atoms. The van der Waals surface area contributed by atoms with Crippen molar-refractivity contribution in [2.45, 2.75) is 33.2 Å². The van der Waals surface area contributed by atoms with Gasteiger partial charge >= 0.3 is 0 Å². The number of piperazine rings is 1. The number of carbonyl (C=O) groups is 1. The van der Waals surface area contributed by atoms with Gasteiger partial charge in [0.05, 0.1) is 5.69 Å². The number of rotatable bonds is 8. The second-order valence-electron chi connectivity index (χ2n) is 8.78. The molecule has 1 fully saturated rings. The topological polar surface area (TPSA) is 52.8 Å². The van der Waals surface area contributed by atoms with Crippen molar-refractivity contribution in [3.8, 4) is 11.5 Å². The molecule has 0 atom stereocenters. The van der Waals surface area contributed by atoms with Crippen LogP contribution >= 0.6 is 0 Å². The second kappa shape index (κ2) is 10.7. The molecule has 6 nitrogen and oxygen atoms in total. The van der Waals surface area contributed by atoms with Crippen molar-refractivity contribution in [1.82, 2.24) is 14.8 Å². The number of oxazole rings is 1. The first-order valence-corrected chi connectivity index (χ1v) is 11.9. The van der Waals surface area contributed by atoms with E-state index in [1.165, 1.54) is 5.69 Å². The maximum Gasteiger partial charge on any atom is 0.253 e. The summed E-state index contributed by atoms with van der Waals surface area (Å²) in [7, 11) is 1.86. The summed E-state index contributed by atoms with van der Waals surface area (Å²) >= 11 is 0. The van der Waals surface area contributed by atoms with E-state index >= 15 is 0 Å². The van der Waals surface area contributed by atoms with Crippen molar-refractivity contribution in [2.75, 3.05) is 44.7 Å². The summed E-state index contributed by atoms with van der Waals surface area (Å²) in [6.07, 6.45) is 2.09. The predicted octanol–water partition coefficient (Wildman–Crippen LogP) is 4.84. The molecule has 0 unspecified atom stereocenters. The molecule has 1 aliphatic rings. The predicted molar refractivity (Wildman–Crippen MR) is 132 cm³/mol. The third-order valence-corrected chi connectivity index (χ3v) is 6.33. The van der Waals surface area contributed by atoms with Gasteiger partial charge in [0, 0.05) is 63.1 Å². The Morgan fingerprint density at radius 3 is 2.39 bits per heavy atom. The van der Waals surface area contributed by atoms with Gasteiger partial charge in [-0.25, -0.2) is 4.98 Å². The molecule has 1 aliphatic heterocycles. The average molecular weight is 447 g/mol. The first-order valence-electron chi connectivity index (χ1n) is 11.9. The molecule has 0 N–H and O–H groups in total. The molecule has 0 radical (unpaired) electrons. The Bertz CT molecular complexity index is 1040. The van der Waals surface area contributed by atoms with Crippen molar-refractivity contribution in [1.29, 1.82) is 0 Å². The minimum absolute atomic E-state index is 0.0499. The standard InChI is InChI=1S/C27H34N4O2/c1-4-5-15-29(3)27(32)23-13-11-22(12-14-23)26-28-25(21(2)33-26)20-30-16-18-31(19-17-30)24-9-7-6-8-10-24/h6-14H,4-5,15-20H2,1-3H3. The lowest BCUT2D eigenvalue weighted by Crippen LogP contribution is -2.46. The highest BCUT2D eigenvalue weighted by Gasteiger charge is 2.20. The Hall–Kier alpha value is -3.12. The lowest BCUT2D eigenvalue weighted by Gasteiger charge is -2.35. The minimum Gasteiger partial charge on any atom is -0.441 e. The van der Waals surface area contributed by atoms with Crippen molar-refractivity contribution in [2.24, 2.45) is 0 Å². The number of aromatic nitrogens is 1. The highest BCUT2D eigenvalue weighted by Crippen LogP contribution is 2.24. The number of carbonyl (C=O) groups excluding carboxylic acids is 1. The number of hydrogen-bond acceptors (Lipinski definition) is 5. The zero-order valence-electron chi connectivity index (χ0n) is 20.0. The minimum atomic E-state index is 0.0499. The van der Waals surface area contributed by atoms with Crippen LogP contribution in [-0.4, -0.2) is 60.5 Å². The number of unbranched alkanes of at least 4 members (excludes halogenated alkanes) is 1. The highest BCUT2D eigenvalue weighted by atomic mass is 16.4. The van der Waals surface area contributed by atoms with Crippen LogP contribution in [0, 0.1) is 6.92 Å². The lowest BCUT2D eigenvalue weighted by molar-refractivity contribution is 0.0793. The van der Waals surface area contributed by atoms with E-state index in [0.29, 0.717) is 11.5 Å². The molecule has 6 heteroatoms. The fourth-order valence-electron chi connectivity index (χ4n) is 4.19. The van der Waals surface area contributed by atoms with Gasteiger partial charge in [-0.3, -0.25) is 9.69 Å². The molecule has 2 aromatic carbocycles. The van der Waals surface area contributed by atoms with Gasteiger partial charge in [-0.1, -0.05) is 31.5 Å². The summed E-state index contributed by atoms with van der Waals surface area (Å²) < 4.78 is 5.99. The van der Waals surface area contributed by atoms with E-state index in [9.17, 15) is 4.79 Å². The van der Waals surface area contributed by atoms with Crippen molar-refractivity contribution in [3.05, 3.63) is 71.6 Å². The third-order valence-electron chi connectivity index (χ3n) is 6.33. The quantitative estimate of drug-likeness (QED) is 0.495. The van der Waals surface area contributed by atoms with Crippen LogP contribution in [0.25, 0.3) is 11.5 Å². The van der Waals surface area contributed by atoms with E-state index in [-0.39, 0.29) is 5.91 Å². The van der Waals surface area contributed by atoms with E-state index in [1.54, 1.807) is 4.90 Å². The van der Waals surface area contributed by atoms with E-state index < -0.39 is 0 Å². The fraction of sp³-hybridized carbons (Fsp3) is 0.407. The van der Waals surface area contributed by atoms with Gasteiger partial charge in [0.25, 0.3) is 5.91 Å². The molecule has 2 heterocycles. The van der Waals surface area contributed by atoms with Crippen LogP contribution in [0.3, 0.4) is 0 Å². The Labute approximate surface area is 196 Å². The molecule has 0 saturated carbocycles. The molecular formula is C27H34N4O2. The molecule has 1 amide bonds. The number of aryl methyl sites for hydroxylation is 1. The Kier molecular flexibility index (Phi) is 7.45. The maximum absolute atomic E-state index is 12.6. The van der Waals surface area contributed by atoms with Gasteiger partial charge in [0.2, 0.25) is 5.89 Å². The van der Waals surface area contributed by atoms with Crippen LogP contribution in [0.1, 0.15) is 41.6 Å². The Balaban J connectivity index is 1.36. The fourth-order valence-corrected chi connectivity index (χ4v) is 4.19. The van der Waals surface area contributed by atoms with Crippen molar-refractivity contribution >= 4 is 11.6 Å². The van der Waals surface area contributed by atoms with Crippen LogP contribution in [0.2, 0.25) is 0 Å². The Morgan fingerprint density at radius 1 is 1.03 bits per heavy atom. The van der Waals surface area contributed by atoms with Crippen LogP contribution < -0.4 is 4.90 Å². The molecule has 3 aromatic rings. The molecule has 4 rings (SSSR count). The first-order chi connectivity index (χ1) is 16.0. The van der Waals surface area contributed by atoms with E-state index in [1.807, 2.05) is 38.2 Å². The normalized spacial score (nSPS) is 14.5. The number of amides is 1. The van der Waals surface area contributed by atoms with Crippen molar-refractivity contribution in [3.63, 3.8) is 0 Å². The SMILES string of the molecule is CCCCN(C)C(=O)c1ccc(-c2nc(CN3CCN(c4ccccc4)CC3)c(C)o2)cc1. The summed E-state index contributed by atoms with van der Waals surface area (Å²) in [6, 6.07) is 18.2. The lowest BCUT2D eigenvalue weighted by atomic mass is 10.1. The van der Waals surface area contributed by atoms with Gasteiger partial charge in [-0.15, -0.1) is 0 Å². The van der Waals surface area contributed by atoms with Crippen LogP contribution in [0.15, 0.2) is 59.0 Å². The van der Waals surface area contributed by atoms with E-state index in [2.05, 4.69) is 47.1 Å². The maximum atomic E-state index is 12.6. The van der Waals surface area contributed by atoms with Crippen LogP contribution in [-0.2, 0) is 6.54 Å². The summed E-state index contributed by atoms with van der Waals surface area (Å²) in [5.41, 5.74) is 3.86. The summed E-state index contributed by atoms with van der Waals surface area (Å²) in [4.78, 5) is 24.0. The smallest absolute Gasteiger partial charge is 0.253 e. The average Bonchev–Trinajstić information content (AvgIpc) is 3.23. The van der Waals surface area contributed by atoms with Gasteiger partial charge in [-0.2, -0.15) is 0 Å². The number of benzene rings is 2. The molecular weight excluding hydrogens is 412 g/mol. The van der Waals surface area contributed by atoms with Crippen LogP contribution in [0.4, 0.5) is 5.69 Å². The van der Waals surface area contributed by atoms with Crippen molar-refractivity contribution < 1.29 is 9.21 Å². The molecule has 0 spiro atoms. The number of nitrogens with zero attached hydrogens (tertiary/aromatic N) is 4. The number of para-hydroxylation sites is 1. The zero-order valence-corrected chi connectivity index (χ0v) is 20.0. The molecule has 1 aromatic heterocycles. The molecule has 174 valence electrons. The summed E-state index contributed by atoms with van der Waals surface area (Å²) in [5, 5.41) is 0. The van der Waals surface area contributed by atoms with Gasteiger partial charge in [-0.05, 0) is 49.7 Å². The molecule has 1 saturated heterocycles. The van der Waals surface area contributed by atoms with E-state index in [0.717, 1.165) is 69.1 Å². The molecule has 0 aliphatic carbocycles. The summed E-state index contributed by atoms with van der Waals surface area (Å²) in [6.45, 7) is 9.69. The number of hydrogen-bond donors (Lipinski definition) is 0. The van der Waals surface area contributed by atoms with Crippen LogP contribution in [0.5, 0.6) is 0 Å². The first kappa shape index (κ1) is 23.1. The van der Waals surface area contributed by atoms with Gasteiger partial charge < -0.3 is 14.2 Å². The molecule has 0 bridgehead atoms. The summed E-state index contributed by atoms with van der Waals surface area (Å²) in [5.74, 6) is 1.52.